The third-order valence-corrected chi connectivity index (χ3v) is 4.57. The first-order valence-electron chi connectivity index (χ1n) is 6.34. The van der Waals surface area contributed by atoms with E-state index in [-0.39, 0.29) is 11.7 Å². The van der Waals surface area contributed by atoms with Crippen molar-refractivity contribution < 1.29 is 9.18 Å². The maximum Gasteiger partial charge on any atom is 0.270 e. The summed E-state index contributed by atoms with van der Waals surface area (Å²) >= 11 is 12.5. The topological polar surface area (TPSA) is 20.3 Å². The maximum absolute atomic E-state index is 12.9. The Morgan fingerprint density at radius 1 is 1.18 bits per heavy atom. The highest BCUT2D eigenvalue weighted by atomic mass is 35.5. The molecule has 22 heavy (non-hydrogen) atoms. The SMILES string of the molecule is O=C1/C(=C/c2ccc(F)cc2)SC(=S)N1c1cccc(Cl)c1. The van der Waals surface area contributed by atoms with E-state index in [1.807, 2.05) is 0 Å². The highest BCUT2D eigenvalue weighted by molar-refractivity contribution is 8.27. The van der Waals surface area contributed by atoms with E-state index in [9.17, 15) is 9.18 Å². The molecular weight excluding hydrogens is 341 g/mol. The van der Waals surface area contributed by atoms with Crippen molar-refractivity contribution in [2.75, 3.05) is 4.90 Å². The van der Waals surface area contributed by atoms with Crippen molar-refractivity contribution in [3.05, 3.63) is 69.8 Å². The smallest absolute Gasteiger partial charge is 0.268 e. The van der Waals surface area contributed by atoms with Crippen LogP contribution in [0.3, 0.4) is 0 Å². The van der Waals surface area contributed by atoms with Gasteiger partial charge in [0.1, 0.15) is 5.82 Å². The summed E-state index contributed by atoms with van der Waals surface area (Å²) in [5, 5.41) is 0.536. The van der Waals surface area contributed by atoms with E-state index in [0.717, 1.165) is 5.56 Å². The van der Waals surface area contributed by atoms with E-state index in [1.54, 1.807) is 42.5 Å². The van der Waals surface area contributed by atoms with Gasteiger partial charge in [-0.05, 0) is 42.0 Å². The standard InChI is InChI=1S/C16H9ClFNOS2/c17-11-2-1-3-13(9-11)19-15(20)14(22-16(19)21)8-10-4-6-12(18)7-5-10/h1-9H/b14-8-. The summed E-state index contributed by atoms with van der Waals surface area (Å²) in [6.45, 7) is 0. The zero-order chi connectivity index (χ0) is 15.7. The summed E-state index contributed by atoms with van der Waals surface area (Å²) in [4.78, 5) is 14.5. The monoisotopic (exact) mass is 349 g/mol. The number of anilines is 1. The second-order valence-electron chi connectivity index (χ2n) is 4.55. The van der Waals surface area contributed by atoms with Crippen LogP contribution in [0.25, 0.3) is 6.08 Å². The van der Waals surface area contributed by atoms with Gasteiger partial charge in [-0.1, -0.05) is 53.8 Å². The predicted molar refractivity (Wildman–Crippen MR) is 93.5 cm³/mol. The lowest BCUT2D eigenvalue weighted by molar-refractivity contribution is -0.113. The van der Waals surface area contributed by atoms with E-state index in [0.29, 0.717) is 19.9 Å². The lowest BCUT2D eigenvalue weighted by atomic mass is 10.2. The van der Waals surface area contributed by atoms with Crippen molar-refractivity contribution >= 4 is 57.6 Å². The van der Waals surface area contributed by atoms with Crippen molar-refractivity contribution in [2.45, 2.75) is 0 Å². The Morgan fingerprint density at radius 2 is 1.91 bits per heavy atom. The summed E-state index contributed by atoms with van der Waals surface area (Å²) in [5.74, 6) is -0.523. The van der Waals surface area contributed by atoms with Gasteiger partial charge in [-0.25, -0.2) is 4.39 Å². The molecule has 0 saturated carbocycles. The number of rotatable bonds is 2. The average molecular weight is 350 g/mol. The minimum Gasteiger partial charge on any atom is -0.268 e. The fourth-order valence-electron chi connectivity index (χ4n) is 2.02. The average Bonchev–Trinajstić information content (AvgIpc) is 2.76. The van der Waals surface area contributed by atoms with Crippen molar-refractivity contribution in [2.24, 2.45) is 0 Å². The number of thiocarbonyl (C=S) groups is 1. The highest BCUT2D eigenvalue weighted by Gasteiger charge is 2.33. The number of nitrogens with zero attached hydrogens (tertiary/aromatic N) is 1. The summed E-state index contributed by atoms with van der Waals surface area (Å²) < 4.78 is 13.4. The molecule has 2 nitrogen and oxygen atoms in total. The molecule has 2 aromatic rings. The molecule has 0 aliphatic carbocycles. The molecule has 0 radical (unpaired) electrons. The number of benzene rings is 2. The molecule has 0 spiro atoms. The molecule has 0 unspecified atom stereocenters. The van der Waals surface area contributed by atoms with Crippen LogP contribution in [-0.2, 0) is 4.79 Å². The van der Waals surface area contributed by atoms with Crippen LogP contribution in [0.4, 0.5) is 10.1 Å². The number of carbonyl (C=O) groups is 1. The molecule has 3 rings (SSSR count). The highest BCUT2D eigenvalue weighted by Crippen LogP contribution is 2.36. The first-order valence-corrected chi connectivity index (χ1v) is 7.94. The van der Waals surface area contributed by atoms with Gasteiger partial charge in [0.25, 0.3) is 5.91 Å². The lowest BCUT2D eigenvalue weighted by Crippen LogP contribution is -2.27. The molecule has 6 heteroatoms. The molecule has 1 fully saturated rings. The molecule has 1 saturated heterocycles. The summed E-state index contributed by atoms with van der Waals surface area (Å²) in [5.41, 5.74) is 1.38. The van der Waals surface area contributed by atoms with Crippen LogP contribution in [0, 0.1) is 5.82 Å². The zero-order valence-electron chi connectivity index (χ0n) is 11.1. The summed E-state index contributed by atoms with van der Waals surface area (Å²) in [6, 6.07) is 12.9. The fraction of sp³-hybridized carbons (Fsp3) is 0. The van der Waals surface area contributed by atoms with E-state index in [1.165, 1.54) is 28.8 Å². The normalized spacial score (nSPS) is 16.6. The van der Waals surface area contributed by atoms with E-state index >= 15 is 0 Å². The maximum atomic E-state index is 12.9. The molecule has 0 bridgehead atoms. The van der Waals surface area contributed by atoms with Gasteiger partial charge in [-0.15, -0.1) is 0 Å². The summed E-state index contributed by atoms with van der Waals surface area (Å²) in [6.07, 6.45) is 1.70. The van der Waals surface area contributed by atoms with Gasteiger partial charge in [-0.2, -0.15) is 0 Å². The van der Waals surface area contributed by atoms with Crippen LogP contribution in [-0.4, -0.2) is 10.2 Å². The number of thioether (sulfide) groups is 1. The number of carbonyl (C=O) groups excluding carboxylic acids is 1. The Hall–Kier alpha value is -1.69. The van der Waals surface area contributed by atoms with Crippen molar-refractivity contribution in [3.63, 3.8) is 0 Å². The van der Waals surface area contributed by atoms with Gasteiger partial charge in [0.05, 0.1) is 10.6 Å². The quantitative estimate of drug-likeness (QED) is 0.569. The largest absolute Gasteiger partial charge is 0.270 e. The minimum atomic E-state index is -0.316. The first kappa shape index (κ1) is 15.2. The van der Waals surface area contributed by atoms with Crippen molar-refractivity contribution in [3.8, 4) is 0 Å². The van der Waals surface area contributed by atoms with Crippen molar-refractivity contribution in [1.82, 2.24) is 0 Å². The van der Waals surface area contributed by atoms with Gasteiger partial charge in [0.15, 0.2) is 4.32 Å². The van der Waals surface area contributed by atoms with Crippen LogP contribution < -0.4 is 4.90 Å². The Balaban J connectivity index is 1.93. The Labute approximate surface area is 141 Å². The fourth-order valence-corrected chi connectivity index (χ4v) is 3.50. The van der Waals surface area contributed by atoms with Gasteiger partial charge in [0, 0.05) is 5.02 Å². The number of hydrogen-bond acceptors (Lipinski definition) is 3. The second kappa shape index (κ2) is 6.20. The minimum absolute atomic E-state index is 0.207. The van der Waals surface area contributed by atoms with E-state index in [2.05, 4.69) is 0 Å². The van der Waals surface area contributed by atoms with Crippen LogP contribution in [0.1, 0.15) is 5.56 Å². The molecule has 1 heterocycles. The Bertz CT molecular complexity index is 789. The second-order valence-corrected chi connectivity index (χ2v) is 6.66. The first-order chi connectivity index (χ1) is 10.5. The molecule has 2 aromatic carbocycles. The number of halogens is 2. The van der Waals surface area contributed by atoms with Crippen LogP contribution >= 0.6 is 35.6 Å². The Kier molecular flexibility index (Phi) is 4.29. The van der Waals surface area contributed by atoms with Crippen LogP contribution in [0.15, 0.2) is 53.4 Å². The molecule has 0 atom stereocenters. The molecule has 1 aliphatic heterocycles. The van der Waals surface area contributed by atoms with Gasteiger partial charge < -0.3 is 0 Å². The van der Waals surface area contributed by atoms with Gasteiger partial charge in [0.2, 0.25) is 0 Å². The molecule has 1 amide bonds. The molecular formula is C16H9ClFNOS2. The van der Waals surface area contributed by atoms with Gasteiger partial charge >= 0.3 is 0 Å². The van der Waals surface area contributed by atoms with E-state index in [4.69, 9.17) is 23.8 Å². The molecule has 1 aliphatic rings. The van der Waals surface area contributed by atoms with Crippen LogP contribution in [0.5, 0.6) is 0 Å². The summed E-state index contributed by atoms with van der Waals surface area (Å²) in [7, 11) is 0. The molecule has 110 valence electrons. The molecule has 0 aromatic heterocycles. The Morgan fingerprint density at radius 3 is 2.59 bits per heavy atom. The molecule has 0 N–H and O–H groups in total. The lowest BCUT2D eigenvalue weighted by Gasteiger charge is -2.14. The zero-order valence-corrected chi connectivity index (χ0v) is 13.5. The number of amides is 1. The van der Waals surface area contributed by atoms with Crippen LogP contribution in [0.2, 0.25) is 5.02 Å². The van der Waals surface area contributed by atoms with Gasteiger partial charge in [-0.3, -0.25) is 9.69 Å². The van der Waals surface area contributed by atoms with E-state index < -0.39 is 0 Å². The van der Waals surface area contributed by atoms with Crippen molar-refractivity contribution in [1.29, 1.82) is 0 Å². The number of hydrogen-bond donors (Lipinski definition) is 0. The third-order valence-electron chi connectivity index (χ3n) is 3.03. The predicted octanol–water partition coefficient (Wildman–Crippen LogP) is 4.88. The third kappa shape index (κ3) is 3.06.